The van der Waals surface area contributed by atoms with Crippen molar-refractivity contribution in [1.29, 1.82) is 0 Å². The molecular weight excluding hydrogens is 282 g/mol. The number of hydrogen-bond donors (Lipinski definition) is 1. The van der Waals surface area contributed by atoms with Gasteiger partial charge in [0, 0.05) is 7.05 Å². The lowest BCUT2D eigenvalue weighted by Crippen LogP contribution is -2.35. The summed E-state index contributed by atoms with van der Waals surface area (Å²) in [7, 11) is -1.69. The molecule has 0 unspecified atom stereocenters. The van der Waals surface area contributed by atoms with Crippen molar-refractivity contribution in [2.45, 2.75) is 4.21 Å². The number of sulfonamides is 1. The molecular formula is C8H11N3O5S2. The zero-order chi connectivity index (χ0) is 13.9. The first-order valence-corrected chi connectivity index (χ1v) is 6.89. The molecule has 0 aliphatic heterocycles. The van der Waals surface area contributed by atoms with Gasteiger partial charge >= 0.3 is 5.97 Å². The van der Waals surface area contributed by atoms with Gasteiger partial charge in [-0.2, -0.15) is 4.31 Å². The van der Waals surface area contributed by atoms with E-state index in [0.717, 1.165) is 22.8 Å². The number of likely N-dealkylation sites (N-methyl/N-ethyl adjacent to an activating group) is 1. The second-order valence-corrected chi connectivity index (χ2v) is 6.30. The molecule has 0 saturated carbocycles. The number of aromatic nitrogens is 1. The molecule has 2 N–H and O–H groups in total. The van der Waals surface area contributed by atoms with E-state index in [4.69, 9.17) is 5.73 Å². The summed E-state index contributed by atoms with van der Waals surface area (Å²) in [6.45, 7) is -0.485. The molecule has 1 aromatic rings. The van der Waals surface area contributed by atoms with Crippen LogP contribution in [0, 0.1) is 0 Å². The predicted octanol–water partition coefficient (Wildman–Crippen LogP) is -0.964. The van der Waals surface area contributed by atoms with Crippen LogP contribution in [0.4, 0.5) is 0 Å². The largest absolute Gasteiger partial charge is 0.464 e. The average Bonchev–Trinajstić information content (AvgIpc) is 2.76. The lowest BCUT2D eigenvalue weighted by Gasteiger charge is -2.14. The minimum atomic E-state index is -3.99. The lowest BCUT2D eigenvalue weighted by atomic mass is 10.5. The van der Waals surface area contributed by atoms with E-state index in [2.05, 4.69) is 9.72 Å². The lowest BCUT2D eigenvalue weighted by molar-refractivity contribution is -0.118. The van der Waals surface area contributed by atoms with Crippen LogP contribution in [0.5, 0.6) is 0 Å². The van der Waals surface area contributed by atoms with Crippen molar-refractivity contribution in [1.82, 2.24) is 9.29 Å². The monoisotopic (exact) mass is 293 g/mol. The fourth-order valence-corrected chi connectivity index (χ4v) is 3.56. The van der Waals surface area contributed by atoms with Crippen LogP contribution in [0.1, 0.15) is 10.5 Å². The molecule has 18 heavy (non-hydrogen) atoms. The third kappa shape index (κ3) is 2.83. The van der Waals surface area contributed by atoms with Gasteiger partial charge in [0.1, 0.15) is 0 Å². The van der Waals surface area contributed by atoms with E-state index in [0.29, 0.717) is 0 Å². The maximum Gasteiger partial charge on any atom is 0.358 e. The van der Waals surface area contributed by atoms with E-state index in [-0.39, 0.29) is 9.90 Å². The number of rotatable bonds is 5. The Kier molecular flexibility index (Phi) is 4.38. The molecule has 100 valence electrons. The Labute approximate surface area is 107 Å². The normalized spacial score (nSPS) is 11.5. The highest BCUT2D eigenvalue weighted by Crippen LogP contribution is 2.23. The first-order valence-electron chi connectivity index (χ1n) is 4.57. The fourth-order valence-electron chi connectivity index (χ4n) is 1.10. The summed E-state index contributed by atoms with van der Waals surface area (Å²) in [6, 6.07) is 0. The minimum Gasteiger partial charge on any atom is -0.464 e. The van der Waals surface area contributed by atoms with Crippen molar-refractivity contribution in [3.05, 3.63) is 11.2 Å². The molecule has 0 atom stereocenters. The number of carbonyl (C=O) groups excluding carboxylic acids is 2. The van der Waals surface area contributed by atoms with Crippen LogP contribution in [0.25, 0.3) is 0 Å². The highest BCUT2D eigenvalue weighted by Gasteiger charge is 2.30. The Hall–Kier alpha value is -1.52. The van der Waals surface area contributed by atoms with Crippen molar-refractivity contribution in [2.75, 3.05) is 20.7 Å². The van der Waals surface area contributed by atoms with E-state index in [1.165, 1.54) is 12.6 Å². The van der Waals surface area contributed by atoms with Gasteiger partial charge in [-0.3, -0.25) is 4.79 Å². The number of primary amides is 1. The standard InChI is InChI=1S/C8H11N3O5S2/c1-11(3-5(9)12)18(14,15)8-6(7(13)16-2)10-4-17-8/h4H,3H2,1-2H3,(H2,9,12). The third-order valence-electron chi connectivity index (χ3n) is 1.94. The molecule has 0 fully saturated rings. The van der Waals surface area contributed by atoms with Crippen LogP contribution < -0.4 is 5.73 Å². The number of methoxy groups -OCH3 is 1. The molecule has 0 spiro atoms. The molecule has 0 radical (unpaired) electrons. The average molecular weight is 293 g/mol. The molecule has 1 aromatic heterocycles. The van der Waals surface area contributed by atoms with Gasteiger partial charge in [0.05, 0.1) is 19.2 Å². The molecule has 1 amide bonds. The Morgan fingerprint density at radius 3 is 2.67 bits per heavy atom. The van der Waals surface area contributed by atoms with E-state index < -0.39 is 28.4 Å². The van der Waals surface area contributed by atoms with Gasteiger partial charge in [-0.25, -0.2) is 18.2 Å². The van der Waals surface area contributed by atoms with Crippen LogP contribution in [0.3, 0.4) is 0 Å². The Morgan fingerprint density at radius 2 is 2.17 bits per heavy atom. The molecule has 0 aliphatic rings. The number of carbonyl (C=O) groups is 2. The second kappa shape index (κ2) is 5.42. The number of thiazole rings is 1. The first kappa shape index (κ1) is 14.5. The van der Waals surface area contributed by atoms with Gasteiger partial charge in [0.15, 0.2) is 9.90 Å². The predicted molar refractivity (Wildman–Crippen MR) is 62.5 cm³/mol. The van der Waals surface area contributed by atoms with Crippen LogP contribution in [0.2, 0.25) is 0 Å². The number of esters is 1. The molecule has 1 rings (SSSR count). The summed E-state index contributed by atoms with van der Waals surface area (Å²) in [6.07, 6.45) is 0. The van der Waals surface area contributed by atoms with E-state index in [1.54, 1.807) is 0 Å². The van der Waals surface area contributed by atoms with Gasteiger partial charge in [-0.1, -0.05) is 0 Å². The molecule has 0 aliphatic carbocycles. The summed E-state index contributed by atoms with van der Waals surface area (Å²) in [5.74, 6) is -1.66. The van der Waals surface area contributed by atoms with Gasteiger partial charge in [-0.05, 0) is 0 Å². The fraction of sp³-hybridized carbons (Fsp3) is 0.375. The zero-order valence-electron chi connectivity index (χ0n) is 9.61. The number of nitrogens with zero attached hydrogens (tertiary/aromatic N) is 2. The summed E-state index contributed by atoms with van der Waals surface area (Å²) in [5.41, 5.74) is 5.82. The Bertz CT molecular complexity index is 565. The molecule has 0 saturated heterocycles. The molecule has 0 aromatic carbocycles. The number of nitrogens with two attached hydrogens (primary N) is 1. The smallest absolute Gasteiger partial charge is 0.358 e. The number of ether oxygens (including phenoxy) is 1. The van der Waals surface area contributed by atoms with Gasteiger partial charge < -0.3 is 10.5 Å². The van der Waals surface area contributed by atoms with Crippen LogP contribution in [0.15, 0.2) is 9.72 Å². The van der Waals surface area contributed by atoms with E-state index in [1.807, 2.05) is 0 Å². The first-order chi connectivity index (χ1) is 8.30. The van der Waals surface area contributed by atoms with Crippen molar-refractivity contribution >= 4 is 33.2 Å². The van der Waals surface area contributed by atoms with Gasteiger partial charge in [-0.15, -0.1) is 11.3 Å². The molecule has 0 bridgehead atoms. The van der Waals surface area contributed by atoms with E-state index >= 15 is 0 Å². The quantitative estimate of drug-likeness (QED) is 0.698. The highest BCUT2D eigenvalue weighted by molar-refractivity contribution is 7.91. The van der Waals surface area contributed by atoms with Gasteiger partial charge in [0.2, 0.25) is 5.91 Å². The topological polar surface area (TPSA) is 120 Å². The van der Waals surface area contributed by atoms with E-state index in [9.17, 15) is 18.0 Å². The number of amides is 1. The van der Waals surface area contributed by atoms with Crippen molar-refractivity contribution < 1.29 is 22.7 Å². The Balaban J connectivity index is 3.17. The zero-order valence-corrected chi connectivity index (χ0v) is 11.2. The molecule has 8 nitrogen and oxygen atoms in total. The minimum absolute atomic E-state index is 0.280. The summed E-state index contributed by atoms with van der Waals surface area (Å²) in [5, 5.41) is 0. The van der Waals surface area contributed by atoms with Crippen LogP contribution >= 0.6 is 11.3 Å². The van der Waals surface area contributed by atoms with Crippen molar-refractivity contribution in [2.24, 2.45) is 5.73 Å². The summed E-state index contributed by atoms with van der Waals surface area (Å²) in [4.78, 5) is 25.7. The number of hydrogen-bond acceptors (Lipinski definition) is 7. The highest BCUT2D eigenvalue weighted by atomic mass is 32.2. The molecule has 10 heteroatoms. The van der Waals surface area contributed by atoms with Crippen LogP contribution in [-0.4, -0.2) is 50.3 Å². The van der Waals surface area contributed by atoms with Crippen LogP contribution in [-0.2, 0) is 19.6 Å². The second-order valence-electron chi connectivity index (χ2n) is 3.21. The third-order valence-corrected chi connectivity index (χ3v) is 5.09. The maximum absolute atomic E-state index is 12.1. The van der Waals surface area contributed by atoms with Crippen molar-refractivity contribution in [3.63, 3.8) is 0 Å². The van der Waals surface area contributed by atoms with Gasteiger partial charge in [0.25, 0.3) is 10.0 Å². The summed E-state index contributed by atoms with van der Waals surface area (Å²) >= 11 is 0.762. The maximum atomic E-state index is 12.1. The SMILES string of the molecule is COC(=O)c1ncsc1S(=O)(=O)N(C)CC(N)=O. The van der Waals surface area contributed by atoms with Crippen molar-refractivity contribution in [3.8, 4) is 0 Å². The summed E-state index contributed by atoms with van der Waals surface area (Å²) < 4.78 is 29.0. The molecule has 1 heterocycles. The Morgan fingerprint density at radius 1 is 1.56 bits per heavy atom.